The first-order valence-electron chi connectivity index (χ1n) is 7.04. The van der Waals surface area contributed by atoms with Crippen LogP contribution in [-0.4, -0.2) is 28.9 Å². The van der Waals surface area contributed by atoms with E-state index in [0.717, 1.165) is 18.2 Å². The van der Waals surface area contributed by atoms with E-state index >= 15 is 0 Å². The van der Waals surface area contributed by atoms with Gasteiger partial charge < -0.3 is 9.88 Å². The van der Waals surface area contributed by atoms with Crippen LogP contribution in [0.3, 0.4) is 0 Å². The Balaban J connectivity index is 2.03. The number of fused-ring (bicyclic) bond motifs is 1. The third-order valence-corrected chi connectivity index (χ3v) is 3.73. The van der Waals surface area contributed by atoms with Gasteiger partial charge in [-0.2, -0.15) is 0 Å². The van der Waals surface area contributed by atoms with Gasteiger partial charge in [-0.15, -0.1) is 6.42 Å². The molecule has 1 N–H and O–H groups in total. The molecule has 4 nitrogen and oxygen atoms in total. The second-order valence-electron chi connectivity index (χ2n) is 5.43. The maximum absolute atomic E-state index is 12.7. The Bertz CT molecular complexity index is 781. The predicted molar refractivity (Wildman–Crippen MR) is 82.0 cm³/mol. The Kier molecular flexibility index (Phi) is 3.49. The van der Waals surface area contributed by atoms with Crippen molar-refractivity contribution in [3.8, 4) is 12.3 Å². The van der Waals surface area contributed by atoms with Gasteiger partial charge >= 0.3 is 0 Å². The molecule has 0 saturated heterocycles. The first kappa shape index (κ1) is 13.4. The molecule has 1 aliphatic rings. The number of rotatable bonds is 4. The molecule has 4 heteroatoms. The van der Waals surface area contributed by atoms with Gasteiger partial charge in [-0.25, -0.2) is 0 Å². The highest BCUT2D eigenvalue weighted by Gasteiger charge is 2.27. The number of carbonyl (C=O) groups is 1. The van der Waals surface area contributed by atoms with Crippen LogP contribution in [0.1, 0.15) is 23.2 Å². The van der Waals surface area contributed by atoms with E-state index in [0.29, 0.717) is 23.5 Å². The molecule has 1 aliphatic carbocycles. The minimum absolute atomic E-state index is 0.165. The van der Waals surface area contributed by atoms with Gasteiger partial charge in [0.1, 0.15) is 0 Å². The van der Waals surface area contributed by atoms with E-state index in [1.54, 1.807) is 11.0 Å². The smallest absolute Gasteiger partial charge is 0.255 e. The maximum atomic E-state index is 12.7. The fourth-order valence-corrected chi connectivity index (χ4v) is 2.49. The third-order valence-electron chi connectivity index (χ3n) is 3.73. The highest BCUT2D eigenvalue weighted by molar-refractivity contribution is 6.06. The van der Waals surface area contributed by atoms with Crippen molar-refractivity contribution in [2.24, 2.45) is 5.92 Å². The predicted octanol–water partition coefficient (Wildman–Crippen LogP) is 2.01. The monoisotopic (exact) mass is 280 g/mol. The van der Waals surface area contributed by atoms with Gasteiger partial charge in [0.25, 0.3) is 5.91 Å². The molecule has 0 bridgehead atoms. The lowest BCUT2D eigenvalue weighted by Gasteiger charge is -2.20. The molecular weight excluding hydrogens is 264 g/mol. The molecule has 21 heavy (non-hydrogen) atoms. The van der Waals surface area contributed by atoms with Crippen LogP contribution in [0.4, 0.5) is 0 Å². The summed E-state index contributed by atoms with van der Waals surface area (Å²) in [6, 6.07) is 8.67. The molecule has 1 amide bonds. The number of benzene rings is 1. The van der Waals surface area contributed by atoms with Crippen LogP contribution in [0.2, 0.25) is 0 Å². The number of nitrogens with one attached hydrogen (secondary N) is 1. The van der Waals surface area contributed by atoms with E-state index in [4.69, 9.17) is 6.42 Å². The number of aromatic nitrogens is 1. The molecule has 1 aromatic carbocycles. The summed E-state index contributed by atoms with van der Waals surface area (Å²) in [5.74, 6) is 2.92. The van der Waals surface area contributed by atoms with Crippen molar-refractivity contribution in [3.63, 3.8) is 0 Å². The molecule has 2 aromatic rings. The molecule has 106 valence electrons. The zero-order valence-electron chi connectivity index (χ0n) is 11.6. The minimum atomic E-state index is -0.274. The van der Waals surface area contributed by atoms with Gasteiger partial charge in [-0.3, -0.25) is 9.59 Å². The Labute approximate surface area is 122 Å². The van der Waals surface area contributed by atoms with Crippen LogP contribution < -0.4 is 5.56 Å². The van der Waals surface area contributed by atoms with E-state index in [1.807, 2.05) is 18.2 Å². The van der Waals surface area contributed by atoms with Crippen LogP contribution in [0.25, 0.3) is 10.9 Å². The normalized spacial score (nSPS) is 13.9. The summed E-state index contributed by atoms with van der Waals surface area (Å²) in [5.41, 5.74) is 0.815. The summed E-state index contributed by atoms with van der Waals surface area (Å²) in [6.45, 7) is 0.945. The van der Waals surface area contributed by atoms with Crippen molar-refractivity contribution < 1.29 is 4.79 Å². The summed E-state index contributed by atoms with van der Waals surface area (Å²) in [6.07, 6.45) is 7.66. The zero-order valence-corrected chi connectivity index (χ0v) is 11.6. The van der Waals surface area contributed by atoms with Crippen molar-refractivity contribution in [1.29, 1.82) is 0 Å². The molecule has 1 aromatic heterocycles. The summed E-state index contributed by atoms with van der Waals surface area (Å²) in [7, 11) is 0. The van der Waals surface area contributed by atoms with E-state index in [-0.39, 0.29) is 18.0 Å². The topological polar surface area (TPSA) is 53.2 Å². The number of amides is 1. The largest absolute Gasteiger partial charge is 0.327 e. The summed E-state index contributed by atoms with van der Waals surface area (Å²) in [5, 5.41) is 0.750. The molecule has 1 fully saturated rings. The maximum Gasteiger partial charge on any atom is 0.255 e. The Morgan fingerprint density at radius 3 is 2.86 bits per heavy atom. The fourth-order valence-electron chi connectivity index (χ4n) is 2.49. The molecule has 0 unspecified atom stereocenters. The third kappa shape index (κ3) is 2.82. The van der Waals surface area contributed by atoms with Crippen molar-refractivity contribution in [1.82, 2.24) is 9.88 Å². The Morgan fingerprint density at radius 1 is 1.38 bits per heavy atom. The SMILES string of the molecule is C#CCN(CC1CC1)C(=O)c1cc(=O)[nH]c2ccccc12. The molecular formula is C17H16N2O2. The van der Waals surface area contributed by atoms with E-state index in [9.17, 15) is 9.59 Å². The Morgan fingerprint density at radius 2 is 2.14 bits per heavy atom. The molecule has 1 saturated carbocycles. The van der Waals surface area contributed by atoms with E-state index in [1.165, 1.54) is 6.07 Å². The number of carbonyl (C=O) groups excluding carboxylic acids is 1. The molecule has 0 spiro atoms. The van der Waals surface area contributed by atoms with Gasteiger partial charge in [-0.05, 0) is 24.8 Å². The van der Waals surface area contributed by atoms with Gasteiger partial charge in [0.05, 0.1) is 12.1 Å². The second kappa shape index (κ2) is 5.45. The molecule has 3 rings (SSSR count). The van der Waals surface area contributed by atoms with Gasteiger partial charge in [0.2, 0.25) is 5.56 Å². The lowest BCUT2D eigenvalue weighted by Crippen LogP contribution is -2.34. The van der Waals surface area contributed by atoms with Gasteiger partial charge in [0, 0.05) is 23.5 Å². The average Bonchev–Trinajstić information content (AvgIpc) is 3.29. The van der Waals surface area contributed by atoms with Crippen molar-refractivity contribution >= 4 is 16.8 Å². The van der Waals surface area contributed by atoms with Crippen LogP contribution >= 0.6 is 0 Å². The zero-order chi connectivity index (χ0) is 14.8. The lowest BCUT2D eigenvalue weighted by atomic mass is 10.1. The van der Waals surface area contributed by atoms with Crippen LogP contribution in [0.5, 0.6) is 0 Å². The standard InChI is InChI=1S/C17H16N2O2/c1-2-9-19(11-12-7-8-12)17(21)14-10-16(20)18-15-6-4-3-5-13(14)15/h1,3-6,10,12H,7-9,11H2,(H,18,20). The number of aromatic amines is 1. The highest BCUT2D eigenvalue weighted by atomic mass is 16.2. The van der Waals surface area contributed by atoms with Crippen LogP contribution in [0, 0.1) is 18.3 Å². The lowest BCUT2D eigenvalue weighted by molar-refractivity contribution is 0.0771. The number of hydrogen-bond donors (Lipinski definition) is 1. The van der Waals surface area contributed by atoms with Crippen molar-refractivity contribution in [2.75, 3.05) is 13.1 Å². The number of para-hydroxylation sites is 1. The van der Waals surface area contributed by atoms with Gasteiger partial charge in [0.15, 0.2) is 0 Å². The van der Waals surface area contributed by atoms with E-state index < -0.39 is 0 Å². The number of H-pyrrole nitrogens is 1. The second-order valence-corrected chi connectivity index (χ2v) is 5.43. The Hall–Kier alpha value is -2.54. The fraction of sp³-hybridized carbons (Fsp3) is 0.294. The van der Waals surface area contributed by atoms with Gasteiger partial charge in [-0.1, -0.05) is 24.1 Å². The first-order chi connectivity index (χ1) is 10.2. The number of hydrogen-bond acceptors (Lipinski definition) is 2. The minimum Gasteiger partial charge on any atom is -0.327 e. The van der Waals surface area contributed by atoms with Crippen molar-refractivity contribution in [2.45, 2.75) is 12.8 Å². The molecule has 1 heterocycles. The highest BCUT2D eigenvalue weighted by Crippen LogP contribution is 2.30. The molecule has 0 atom stereocenters. The van der Waals surface area contributed by atoms with E-state index in [2.05, 4.69) is 10.9 Å². The average molecular weight is 280 g/mol. The van der Waals surface area contributed by atoms with Crippen molar-refractivity contribution in [3.05, 3.63) is 46.2 Å². The quantitative estimate of drug-likeness (QED) is 0.871. The number of terminal acetylenes is 1. The molecule has 0 aliphatic heterocycles. The van der Waals surface area contributed by atoms with Crippen LogP contribution in [-0.2, 0) is 0 Å². The summed E-state index contributed by atoms with van der Waals surface area (Å²) >= 11 is 0. The first-order valence-corrected chi connectivity index (χ1v) is 7.04. The number of nitrogens with zero attached hydrogens (tertiary/aromatic N) is 1. The van der Waals surface area contributed by atoms with Crippen LogP contribution in [0.15, 0.2) is 35.1 Å². The number of pyridine rings is 1. The summed E-state index contributed by atoms with van der Waals surface area (Å²) in [4.78, 5) is 28.9. The molecule has 0 radical (unpaired) electrons. The summed E-state index contributed by atoms with van der Waals surface area (Å²) < 4.78 is 0.